The highest BCUT2D eigenvalue weighted by Gasteiger charge is 2.45. The van der Waals surface area contributed by atoms with Crippen LogP contribution in [0.25, 0.3) is 0 Å². The molecule has 126 valence electrons. The van der Waals surface area contributed by atoms with Crippen molar-refractivity contribution in [1.82, 2.24) is 24.6 Å². The first-order chi connectivity index (χ1) is 11.7. The van der Waals surface area contributed by atoms with E-state index in [4.69, 9.17) is 0 Å². The second-order valence-electron chi connectivity index (χ2n) is 7.60. The number of hydrogen-bond donors (Lipinski definition) is 0. The molecular formula is C18H24N6. The fourth-order valence-corrected chi connectivity index (χ4v) is 4.17. The molecule has 0 amide bonds. The van der Waals surface area contributed by atoms with Crippen LogP contribution in [0.3, 0.4) is 0 Å². The maximum absolute atomic E-state index is 4.62. The zero-order chi connectivity index (χ0) is 16.3. The third kappa shape index (κ3) is 2.40. The Hall–Kier alpha value is -1.95. The fraction of sp³-hybridized carbons (Fsp3) is 0.611. The van der Waals surface area contributed by atoms with Gasteiger partial charge < -0.3 is 4.90 Å². The van der Waals surface area contributed by atoms with Gasteiger partial charge in [-0.05, 0) is 32.3 Å². The van der Waals surface area contributed by atoms with Crippen molar-refractivity contribution < 1.29 is 0 Å². The first-order valence-corrected chi connectivity index (χ1v) is 8.99. The quantitative estimate of drug-likeness (QED) is 0.859. The second-order valence-corrected chi connectivity index (χ2v) is 7.60. The van der Waals surface area contributed by atoms with Gasteiger partial charge in [-0.2, -0.15) is 5.10 Å². The van der Waals surface area contributed by atoms with E-state index in [0.717, 1.165) is 25.5 Å². The number of anilines is 1. The SMILES string of the molecule is Cc1cc(CN2C3CC2CN(c2cc(C4CC4)ncn2)C3)nn1C. The highest BCUT2D eigenvalue weighted by Crippen LogP contribution is 2.40. The minimum Gasteiger partial charge on any atom is -0.353 e. The van der Waals surface area contributed by atoms with Crippen molar-refractivity contribution in [3.05, 3.63) is 35.5 Å². The summed E-state index contributed by atoms with van der Waals surface area (Å²) in [6.45, 7) is 5.23. The van der Waals surface area contributed by atoms with E-state index in [0.29, 0.717) is 18.0 Å². The number of piperazine rings is 1. The molecule has 3 saturated heterocycles. The van der Waals surface area contributed by atoms with Gasteiger partial charge >= 0.3 is 0 Å². The molecule has 2 unspecified atom stereocenters. The van der Waals surface area contributed by atoms with Crippen molar-refractivity contribution in [1.29, 1.82) is 0 Å². The summed E-state index contributed by atoms with van der Waals surface area (Å²) in [5, 5.41) is 4.62. The van der Waals surface area contributed by atoms with Crippen molar-refractivity contribution in [3.63, 3.8) is 0 Å². The lowest BCUT2D eigenvalue weighted by Gasteiger charge is -2.56. The highest BCUT2D eigenvalue weighted by molar-refractivity contribution is 5.43. The molecule has 6 heteroatoms. The van der Waals surface area contributed by atoms with Crippen molar-refractivity contribution in [2.24, 2.45) is 7.05 Å². The summed E-state index contributed by atoms with van der Waals surface area (Å²) in [4.78, 5) is 14.0. The molecular weight excluding hydrogens is 300 g/mol. The monoisotopic (exact) mass is 324 g/mol. The summed E-state index contributed by atoms with van der Waals surface area (Å²) in [5.41, 5.74) is 3.65. The molecule has 2 bridgehead atoms. The zero-order valence-electron chi connectivity index (χ0n) is 14.4. The Bertz CT molecular complexity index is 733. The average Bonchev–Trinajstić information content (AvgIpc) is 3.40. The van der Waals surface area contributed by atoms with E-state index < -0.39 is 0 Å². The number of aromatic nitrogens is 4. The molecule has 4 aliphatic rings. The van der Waals surface area contributed by atoms with Crippen LogP contribution in [0.1, 0.15) is 42.3 Å². The summed E-state index contributed by atoms with van der Waals surface area (Å²) in [5.74, 6) is 1.81. The summed E-state index contributed by atoms with van der Waals surface area (Å²) >= 11 is 0. The van der Waals surface area contributed by atoms with E-state index in [1.807, 2.05) is 11.7 Å². The predicted molar refractivity (Wildman–Crippen MR) is 91.9 cm³/mol. The minimum absolute atomic E-state index is 0.630. The van der Waals surface area contributed by atoms with E-state index in [1.165, 1.54) is 36.3 Å². The number of nitrogens with zero attached hydrogens (tertiary/aromatic N) is 6. The number of rotatable bonds is 4. The molecule has 6 rings (SSSR count). The lowest BCUT2D eigenvalue weighted by atomic mass is 9.87. The lowest BCUT2D eigenvalue weighted by Crippen LogP contribution is -2.68. The summed E-state index contributed by atoms with van der Waals surface area (Å²) in [6.07, 6.45) is 5.64. The summed E-state index contributed by atoms with van der Waals surface area (Å²) in [6, 6.07) is 5.68. The van der Waals surface area contributed by atoms with Gasteiger partial charge in [-0.3, -0.25) is 9.58 Å². The van der Waals surface area contributed by atoms with Gasteiger partial charge in [0.25, 0.3) is 0 Å². The van der Waals surface area contributed by atoms with Gasteiger partial charge in [0, 0.05) is 62.1 Å². The molecule has 1 aliphatic carbocycles. The van der Waals surface area contributed by atoms with Crippen LogP contribution in [0.4, 0.5) is 5.82 Å². The lowest BCUT2D eigenvalue weighted by molar-refractivity contribution is -0.00980. The number of hydrogen-bond acceptors (Lipinski definition) is 5. The van der Waals surface area contributed by atoms with E-state index in [-0.39, 0.29) is 0 Å². The molecule has 5 heterocycles. The molecule has 2 aromatic heterocycles. The Morgan fingerprint density at radius 1 is 1.12 bits per heavy atom. The average molecular weight is 324 g/mol. The van der Waals surface area contributed by atoms with E-state index in [1.54, 1.807) is 6.33 Å². The molecule has 24 heavy (non-hydrogen) atoms. The zero-order valence-corrected chi connectivity index (χ0v) is 14.4. The third-order valence-electron chi connectivity index (χ3n) is 5.85. The van der Waals surface area contributed by atoms with Crippen LogP contribution in [0.15, 0.2) is 18.5 Å². The molecule has 3 aliphatic heterocycles. The van der Waals surface area contributed by atoms with Crippen molar-refractivity contribution in [2.75, 3.05) is 18.0 Å². The van der Waals surface area contributed by atoms with Gasteiger partial charge in [-0.25, -0.2) is 9.97 Å². The Morgan fingerprint density at radius 2 is 1.92 bits per heavy atom. The van der Waals surface area contributed by atoms with Crippen molar-refractivity contribution >= 4 is 5.82 Å². The van der Waals surface area contributed by atoms with Crippen LogP contribution in [-0.4, -0.2) is 49.8 Å². The molecule has 0 N–H and O–H groups in total. The van der Waals surface area contributed by atoms with E-state index in [9.17, 15) is 0 Å². The third-order valence-corrected chi connectivity index (χ3v) is 5.85. The van der Waals surface area contributed by atoms with Gasteiger partial charge in [0.05, 0.1) is 5.69 Å². The van der Waals surface area contributed by atoms with E-state index >= 15 is 0 Å². The predicted octanol–water partition coefficient (Wildman–Crippen LogP) is 1.86. The van der Waals surface area contributed by atoms with Crippen LogP contribution in [-0.2, 0) is 13.6 Å². The number of fused-ring (bicyclic) bond motifs is 2. The molecule has 4 fully saturated rings. The Morgan fingerprint density at radius 3 is 2.58 bits per heavy atom. The van der Waals surface area contributed by atoms with Crippen LogP contribution in [0, 0.1) is 6.92 Å². The Labute approximate surface area is 142 Å². The normalized spacial score (nSPS) is 26.5. The standard InChI is InChI=1S/C18H24N6/c1-12-5-14(21-22(12)2)8-24-15-6-16(24)10-23(9-15)18-7-17(13-3-4-13)19-11-20-18/h5,7,11,13,15-16H,3-4,6,8-10H2,1-2H3. The smallest absolute Gasteiger partial charge is 0.132 e. The molecule has 0 aromatic carbocycles. The summed E-state index contributed by atoms with van der Waals surface area (Å²) in [7, 11) is 2.02. The van der Waals surface area contributed by atoms with Crippen molar-refractivity contribution in [2.45, 2.75) is 50.7 Å². The number of aryl methyl sites for hydroxylation is 2. The molecule has 2 aromatic rings. The van der Waals surface area contributed by atoms with Crippen molar-refractivity contribution in [3.8, 4) is 0 Å². The molecule has 1 saturated carbocycles. The number of piperidine rings is 1. The topological polar surface area (TPSA) is 50.1 Å². The largest absolute Gasteiger partial charge is 0.353 e. The van der Waals surface area contributed by atoms with Crippen LogP contribution < -0.4 is 4.90 Å². The minimum atomic E-state index is 0.630. The second kappa shape index (κ2) is 5.28. The van der Waals surface area contributed by atoms with E-state index in [2.05, 4.69) is 43.9 Å². The maximum atomic E-state index is 4.62. The molecule has 2 atom stereocenters. The van der Waals surface area contributed by atoms with Crippen LogP contribution >= 0.6 is 0 Å². The summed E-state index contributed by atoms with van der Waals surface area (Å²) < 4.78 is 1.97. The van der Waals surface area contributed by atoms with Gasteiger partial charge in [0.15, 0.2) is 0 Å². The molecule has 0 radical (unpaired) electrons. The first kappa shape index (κ1) is 14.4. The Balaban J connectivity index is 1.27. The van der Waals surface area contributed by atoms with Gasteiger partial charge in [0.1, 0.15) is 12.1 Å². The first-order valence-electron chi connectivity index (χ1n) is 8.99. The van der Waals surface area contributed by atoms with Gasteiger partial charge in [-0.15, -0.1) is 0 Å². The fourth-order valence-electron chi connectivity index (χ4n) is 4.17. The maximum Gasteiger partial charge on any atom is 0.132 e. The van der Waals surface area contributed by atoms with Crippen LogP contribution in [0.2, 0.25) is 0 Å². The van der Waals surface area contributed by atoms with Crippen LogP contribution in [0.5, 0.6) is 0 Å². The molecule has 0 spiro atoms. The molecule has 6 nitrogen and oxygen atoms in total. The highest BCUT2D eigenvalue weighted by atomic mass is 15.4. The Kier molecular flexibility index (Phi) is 3.16. The van der Waals surface area contributed by atoms with Gasteiger partial charge in [-0.1, -0.05) is 0 Å². The van der Waals surface area contributed by atoms with Gasteiger partial charge in [0.2, 0.25) is 0 Å².